The molecule has 4 nitrogen and oxygen atoms in total. The van der Waals surface area contributed by atoms with Crippen LogP contribution in [0, 0.1) is 5.92 Å². The molecule has 20 heavy (non-hydrogen) atoms. The second-order valence-electron chi connectivity index (χ2n) is 6.26. The summed E-state index contributed by atoms with van der Waals surface area (Å²) < 4.78 is 5.09. The molecule has 0 bridgehead atoms. The van der Waals surface area contributed by atoms with Crippen LogP contribution in [-0.4, -0.2) is 49.7 Å². The number of carbonyl (C=O) groups is 1. The van der Waals surface area contributed by atoms with E-state index in [1.54, 1.807) is 0 Å². The fourth-order valence-electron chi connectivity index (χ4n) is 2.91. The second kappa shape index (κ2) is 7.99. The highest BCUT2D eigenvalue weighted by Crippen LogP contribution is 2.41. The molecule has 1 fully saturated rings. The van der Waals surface area contributed by atoms with E-state index in [4.69, 9.17) is 4.74 Å². The summed E-state index contributed by atoms with van der Waals surface area (Å²) in [4.78, 5) is 14.7. The summed E-state index contributed by atoms with van der Waals surface area (Å²) in [6, 6.07) is 0.447. The standard InChI is InChI=1S/C16H32N2O2/c1-6-7-8-11-18(13(2)3)12-16(17-4,14-9-10-14)15(19)20-5/h13-14,17H,6-12H2,1-5H3. The molecule has 0 spiro atoms. The van der Waals surface area contributed by atoms with E-state index in [2.05, 4.69) is 31.0 Å². The Morgan fingerprint density at radius 2 is 2.05 bits per heavy atom. The van der Waals surface area contributed by atoms with Crippen molar-refractivity contribution in [3.05, 3.63) is 0 Å². The Labute approximate surface area is 124 Å². The molecule has 118 valence electrons. The molecule has 0 aromatic heterocycles. The molecule has 0 radical (unpaired) electrons. The number of carbonyl (C=O) groups excluding carboxylic acids is 1. The molecule has 4 heteroatoms. The van der Waals surface area contributed by atoms with Crippen LogP contribution in [0.4, 0.5) is 0 Å². The van der Waals surface area contributed by atoms with Crippen molar-refractivity contribution in [2.24, 2.45) is 5.92 Å². The third-order valence-electron chi connectivity index (χ3n) is 4.50. The molecule has 1 aliphatic rings. The molecule has 1 unspecified atom stereocenters. The number of rotatable bonds is 10. The normalized spacial score (nSPS) is 18.4. The average molecular weight is 284 g/mol. The SMILES string of the molecule is CCCCCN(CC(NC)(C(=O)OC)C1CC1)C(C)C. The van der Waals surface area contributed by atoms with Gasteiger partial charge in [-0.25, -0.2) is 4.79 Å². The third kappa shape index (κ3) is 4.19. The predicted octanol–water partition coefficient (Wildman–Crippen LogP) is 2.43. The largest absolute Gasteiger partial charge is 0.468 e. The number of hydrogen-bond acceptors (Lipinski definition) is 4. The van der Waals surface area contributed by atoms with Crippen LogP contribution in [0.1, 0.15) is 52.9 Å². The summed E-state index contributed by atoms with van der Waals surface area (Å²) in [5, 5.41) is 3.29. The molecule has 1 saturated carbocycles. The van der Waals surface area contributed by atoms with Crippen LogP contribution >= 0.6 is 0 Å². The molecule has 1 atom stereocenters. The predicted molar refractivity (Wildman–Crippen MR) is 82.8 cm³/mol. The lowest BCUT2D eigenvalue weighted by molar-refractivity contribution is -0.150. The first kappa shape index (κ1) is 17.4. The molecule has 0 saturated heterocycles. The van der Waals surface area contributed by atoms with E-state index in [1.165, 1.54) is 26.4 Å². The zero-order valence-electron chi connectivity index (χ0n) is 13.9. The minimum atomic E-state index is -0.523. The first-order valence-electron chi connectivity index (χ1n) is 8.03. The third-order valence-corrected chi connectivity index (χ3v) is 4.50. The molecule has 1 aliphatic carbocycles. The number of hydrogen-bond donors (Lipinski definition) is 1. The number of unbranched alkanes of at least 4 members (excludes halogenated alkanes) is 2. The highest BCUT2D eigenvalue weighted by Gasteiger charge is 2.51. The average Bonchev–Trinajstić information content (AvgIpc) is 3.26. The fraction of sp³-hybridized carbons (Fsp3) is 0.938. The molecular weight excluding hydrogens is 252 g/mol. The number of methoxy groups -OCH3 is 1. The monoisotopic (exact) mass is 284 g/mol. The molecule has 1 N–H and O–H groups in total. The maximum Gasteiger partial charge on any atom is 0.327 e. The number of esters is 1. The molecule has 0 heterocycles. The molecule has 0 amide bonds. The molecule has 0 aromatic rings. The number of likely N-dealkylation sites (N-methyl/N-ethyl adjacent to an activating group) is 1. The molecule has 0 aromatic carbocycles. The minimum absolute atomic E-state index is 0.108. The van der Waals surface area contributed by atoms with Gasteiger partial charge in [0.05, 0.1) is 7.11 Å². The van der Waals surface area contributed by atoms with Gasteiger partial charge in [-0.05, 0) is 52.6 Å². The van der Waals surface area contributed by atoms with Gasteiger partial charge in [-0.3, -0.25) is 4.90 Å². The van der Waals surface area contributed by atoms with Gasteiger partial charge < -0.3 is 10.1 Å². The quantitative estimate of drug-likeness (QED) is 0.494. The highest BCUT2D eigenvalue weighted by molar-refractivity contribution is 5.82. The van der Waals surface area contributed by atoms with Crippen LogP contribution in [0.15, 0.2) is 0 Å². The van der Waals surface area contributed by atoms with Crippen LogP contribution in [-0.2, 0) is 9.53 Å². The lowest BCUT2D eigenvalue weighted by Crippen LogP contribution is -2.61. The Kier molecular flexibility index (Phi) is 6.96. The Hall–Kier alpha value is -0.610. The zero-order chi connectivity index (χ0) is 15.2. The highest BCUT2D eigenvalue weighted by atomic mass is 16.5. The Bertz CT molecular complexity index is 303. The van der Waals surface area contributed by atoms with Gasteiger partial charge in [-0.15, -0.1) is 0 Å². The van der Waals surface area contributed by atoms with Crippen molar-refractivity contribution in [2.75, 3.05) is 27.2 Å². The van der Waals surface area contributed by atoms with Gasteiger partial charge in [0.15, 0.2) is 0 Å². The summed E-state index contributed by atoms with van der Waals surface area (Å²) in [5.41, 5.74) is -0.523. The van der Waals surface area contributed by atoms with Crippen LogP contribution < -0.4 is 5.32 Å². The van der Waals surface area contributed by atoms with E-state index in [0.29, 0.717) is 12.0 Å². The van der Waals surface area contributed by atoms with E-state index in [-0.39, 0.29) is 5.97 Å². The second-order valence-corrected chi connectivity index (χ2v) is 6.26. The number of nitrogens with zero attached hydrogens (tertiary/aromatic N) is 1. The molecular formula is C16H32N2O2. The van der Waals surface area contributed by atoms with Crippen LogP contribution in [0.2, 0.25) is 0 Å². The van der Waals surface area contributed by atoms with Crippen LogP contribution in [0.3, 0.4) is 0 Å². The van der Waals surface area contributed by atoms with E-state index >= 15 is 0 Å². The summed E-state index contributed by atoms with van der Waals surface area (Å²) in [6.07, 6.45) is 5.91. The van der Waals surface area contributed by atoms with E-state index in [9.17, 15) is 4.79 Å². The van der Waals surface area contributed by atoms with Gasteiger partial charge in [-0.2, -0.15) is 0 Å². The topological polar surface area (TPSA) is 41.6 Å². The maximum absolute atomic E-state index is 12.3. The van der Waals surface area contributed by atoms with E-state index in [1.807, 2.05) is 7.05 Å². The van der Waals surface area contributed by atoms with E-state index < -0.39 is 5.54 Å². The maximum atomic E-state index is 12.3. The van der Waals surface area contributed by atoms with Crippen molar-refractivity contribution >= 4 is 5.97 Å². The summed E-state index contributed by atoms with van der Waals surface area (Å²) >= 11 is 0. The van der Waals surface area contributed by atoms with Gasteiger partial charge in [0.1, 0.15) is 5.54 Å². The molecule has 1 rings (SSSR count). The smallest absolute Gasteiger partial charge is 0.327 e. The van der Waals surface area contributed by atoms with Crippen LogP contribution in [0.25, 0.3) is 0 Å². The van der Waals surface area contributed by atoms with Gasteiger partial charge >= 0.3 is 5.97 Å². The lowest BCUT2D eigenvalue weighted by Gasteiger charge is -2.38. The van der Waals surface area contributed by atoms with Crippen LogP contribution in [0.5, 0.6) is 0 Å². The van der Waals surface area contributed by atoms with Crippen molar-refractivity contribution in [1.29, 1.82) is 0 Å². The first-order chi connectivity index (χ1) is 9.51. The first-order valence-corrected chi connectivity index (χ1v) is 8.03. The minimum Gasteiger partial charge on any atom is -0.468 e. The van der Waals surface area contributed by atoms with Crippen molar-refractivity contribution in [2.45, 2.75) is 64.5 Å². The lowest BCUT2D eigenvalue weighted by atomic mass is 9.91. The number of nitrogens with one attached hydrogen (secondary N) is 1. The zero-order valence-corrected chi connectivity index (χ0v) is 13.9. The van der Waals surface area contributed by atoms with Crippen molar-refractivity contribution in [1.82, 2.24) is 10.2 Å². The van der Waals surface area contributed by atoms with Gasteiger partial charge in [-0.1, -0.05) is 19.8 Å². The summed E-state index contributed by atoms with van der Waals surface area (Å²) in [7, 11) is 3.38. The summed E-state index contributed by atoms with van der Waals surface area (Å²) in [5.74, 6) is 0.316. The van der Waals surface area contributed by atoms with E-state index in [0.717, 1.165) is 25.9 Å². The number of ether oxygens (including phenoxy) is 1. The van der Waals surface area contributed by atoms with Gasteiger partial charge in [0.2, 0.25) is 0 Å². The van der Waals surface area contributed by atoms with Crippen molar-refractivity contribution < 1.29 is 9.53 Å². The Morgan fingerprint density at radius 3 is 2.45 bits per heavy atom. The Morgan fingerprint density at radius 1 is 1.40 bits per heavy atom. The Balaban J connectivity index is 2.76. The van der Waals surface area contributed by atoms with Gasteiger partial charge in [0, 0.05) is 12.6 Å². The fourth-order valence-corrected chi connectivity index (χ4v) is 2.91. The van der Waals surface area contributed by atoms with Crippen molar-refractivity contribution in [3.8, 4) is 0 Å². The van der Waals surface area contributed by atoms with Gasteiger partial charge in [0.25, 0.3) is 0 Å². The van der Waals surface area contributed by atoms with Crippen molar-refractivity contribution in [3.63, 3.8) is 0 Å². The summed E-state index contributed by atoms with van der Waals surface area (Å²) in [6.45, 7) is 8.43. The molecule has 0 aliphatic heterocycles.